The second-order valence-electron chi connectivity index (χ2n) is 8.69. The molecule has 3 heterocycles. The fraction of sp³-hybridized carbons (Fsp3) is 0.222. The van der Waals surface area contributed by atoms with Crippen LogP contribution in [-0.4, -0.2) is 68.6 Å². The Morgan fingerprint density at radius 3 is 2.53 bits per heavy atom. The zero-order chi connectivity index (χ0) is 26.6. The molecular weight excluding hydrogens is 492 g/mol. The molecule has 2 aromatic carbocycles. The van der Waals surface area contributed by atoms with Crippen LogP contribution in [0.2, 0.25) is 0 Å². The Kier molecular flexibility index (Phi) is 7.07. The Labute approximate surface area is 217 Å². The van der Waals surface area contributed by atoms with E-state index in [-0.39, 0.29) is 28.3 Å². The molecule has 194 valence electrons. The van der Waals surface area contributed by atoms with Gasteiger partial charge in [-0.1, -0.05) is 18.7 Å². The normalized spacial score (nSPS) is 13.5. The molecule has 0 unspecified atom stereocenters. The highest BCUT2D eigenvalue weighted by molar-refractivity contribution is 5.94. The van der Waals surface area contributed by atoms with Crippen LogP contribution < -0.4 is 10.2 Å². The van der Waals surface area contributed by atoms with Crippen molar-refractivity contribution in [1.29, 1.82) is 0 Å². The number of anilines is 2. The van der Waals surface area contributed by atoms with Crippen molar-refractivity contribution >= 4 is 28.6 Å². The highest BCUT2D eigenvalue weighted by atomic mass is 19.1. The number of hydrogen-bond donors (Lipinski definition) is 2. The van der Waals surface area contributed by atoms with Gasteiger partial charge in [0, 0.05) is 62.5 Å². The van der Waals surface area contributed by atoms with Gasteiger partial charge < -0.3 is 20.2 Å². The molecule has 0 saturated carbocycles. The van der Waals surface area contributed by atoms with Gasteiger partial charge in [0.2, 0.25) is 11.9 Å². The number of nitrogens with zero attached hydrogens (tertiary/aromatic N) is 6. The van der Waals surface area contributed by atoms with E-state index in [1.165, 1.54) is 24.3 Å². The van der Waals surface area contributed by atoms with Crippen LogP contribution in [-0.2, 0) is 11.2 Å². The van der Waals surface area contributed by atoms with E-state index in [2.05, 4.69) is 26.8 Å². The minimum absolute atomic E-state index is 0.0192. The van der Waals surface area contributed by atoms with Gasteiger partial charge in [0.05, 0.1) is 5.56 Å². The SMILES string of the molecule is C=CC(=O)N1CCN(c2nc(CCNc3ncccn3)nc3c(F)c(-c4c(O)cccc4F)ccc23)CC1. The van der Waals surface area contributed by atoms with Crippen LogP contribution in [0, 0.1) is 11.6 Å². The molecule has 38 heavy (non-hydrogen) atoms. The van der Waals surface area contributed by atoms with Gasteiger partial charge in [-0.25, -0.2) is 28.7 Å². The van der Waals surface area contributed by atoms with Crippen LogP contribution >= 0.6 is 0 Å². The fourth-order valence-corrected chi connectivity index (χ4v) is 4.46. The Morgan fingerprint density at radius 2 is 1.82 bits per heavy atom. The molecule has 0 bridgehead atoms. The summed E-state index contributed by atoms with van der Waals surface area (Å²) < 4.78 is 30.6. The summed E-state index contributed by atoms with van der Waals surface area (Å²) in [4.78, 5) is 33.2. The molecule has 0 radical (unpaired) electrons. The number of hydrogen-bond acceptors (Lipinski definition) is 8. The number of amides is 1. The zero-order valence-electron chi connectivity index (χ0n) is 20.4. The molecule has 1 saturated heterocycles. The van der Waals surface area contributed by atoms with E-state index in [0.29, 0.717) is 62.1 Å². The number of phenols is 1. The number of rotatable bonds is 7. The molecule has 0 spiro atoms. The van der Waals surface area contributed by atoms with Crippen molar-refractivity contribution in [1.82, 2.24) is 24.8 Å². The van der Waals surface area contributed by atoms with E-state index >= 15 is 4.39 Å². The molecule has 5 rings (SSSR count). The highest BCUT2D eigenvalue weighted by Crippen LogP contribution is 2.37. The van der Waals surface area contributed by atoms with Crippen molar-refractivity contribution < 1.29 is 18.7 Å². The van der Waals surface area contributed by atoms with Crippen LogP contribution in [0.25, 0.3) is 22.0 Å². The van der Waals surface area contributed by atoms with Crippen LogP contribution in [0.1, 0.15) is 5.82 Å². The average molecular weight is 518 g/mol. The van der Waals surface area contributed by atoms with Crippen LogP contribution in [0.15, 0.2) is 61.4 Å². The Hall–Kier alpha value is -4.67. The fourth-order valence-electron chi connectivity index (χ4n) is 4.46. The minimum atomic E-state index is -0.757. The lowest BCUT2D eigenvalue weighted by Gasteiger charge is -2.35. The summed E-state index contributed by atoms with van der Waals surface area (Å²) in [5.74, 6) is -0.676. The predicted octanol–water partition coefficient (Wildman–Crippen LogP) is 3.56. The first-order chi connectivity index (χ1) is 18.5. The van der Waals surface area contributed by atoms with E-state index < -0.39 is 11.6 Å². The summed E-state index contributed by atoms with van der Waals surface area (Å²) in [5.41, 5.74) is -0.306. The maximum Gasteiger partial charge on any atom is 0.246 e. The maximum absolute atomic E-state index is 16.0. The van der Waals surface area contributed by atoms with Crippen LogP contribution in [0.5, 0.6) is 5.75 Å². The lowest BCUT2D eigenvalue weighted by Crippen LogP contribution is -2.48. The zero-order valence-corrected chi connectivity index (χ0v) is 20.4. The molecule has 9 nitrogen and oxygen atoms in total. The summed E-state index contributed by atoms with van der Waals surface area (Å²) in [6, 6.07) is 8.59. The molecule has 0 aliphatic carbocycles. The van der Waals surface area contributed by atoms with E-state index in [1.807, 2.05) is 4.90 Å². The number of fused-ring (bicyclic) bond motifs is 1. The molecule has 1 amide bonds. The lowest BCUT2D eigenvalue weighted by molar-refractivity contribution is -0.126. The Morgan fingerprint density at radius 1 is 1.05 bits per heavy atom. The third kappa shape index (κ3) is 4.95. The maximum atomic E-state index is 16.0. The second kappa shape index (κ2) is 10.8. The first kappa shape index (κ1) is 25.0. The number of aromatic hydroxyl groups is 1. The van der Waals surface area contributed by atoms with Crippen molar-refractivity contribution in [2.75, 3.05) is 42.9 Å². The van der Waals surface area contributed by atoms with Gasteiger partial charge in [0.1, 0.15) is 28.7 Å². The largest absolute Gasteiger partial charge is 0.507 e. The van der Waals surface area contributed by atoms with E-state index in [9.17, 15) is 14.3 Å². The predicted molar refractivity (Wildman–Crippen MR) is 140 cm³/mol. The number of carbonyl (C=O) groups excluding carboxylic acids is 1. The number of halogens is 2. The summed E-state index contributed by atoms with van der Waals surface area (Å²) in [5, 5.41) is 13.8. The summed E-state index contributed by atoms with van der Waals surface area (Å²) in [6.07, 6.45) is 4.86. The van der Waals surface area contributed by atoms with Crippen molar-refractivity contribution in [3.05, 3.63) is 78.9 Å². The standard InChI is InChI=1S/C27H25F2N7O2/c1-2-22(38)35-13-15-36(16-14-35)26-18-8-7-17(23-19(28)5-3-6-20(23)37)24(29)25(18)33-21(34-26)9-12-32-27-30-10-4-11-31-27/h2-8,10-11,37H,1,9,12-16H2,(H,30,31,32). The van der Waals surface area contributed by atoms with Gasteiger partial charge in [-0.3, -0.25) is 4.79 Å². The molecule has 2 N–H and O–H groups in total. The molecule has 2 aromatic heterocycles. The average Bonchev–Trinajstić information content (AvgIpc) is 2.94. The van der Waals surface area contributed by atoms with Gasteiger partial charge in [-0.15, -0.1) is 0 Å². The van der Waals surface area contributed by atoms with Crippen molar-refractivity contribution in [2.45, 2.75) is 6.42 Å². The second-order valence-corrected chi connectivity index (χ2v) is 8.69. The van der Waals surface area contributed by atoms with Gasteiger partial charge in [-0.2, -0.15) is 0 Å². The molecule has 11 heteroatoms. The first-order valence-electron chi connectivity index (χ1n) is 12.1. The minimum Gasteiger partial charge on any atom is -0.507 e. The quantitative estimate of drug-likeness (QED) is 0.359. The van der Waals surface area contributed by atoms with E-state index in [0.717, 1.165) is 6.07 Å². The number of aromatic nitrogens is 4. The molecule has 1 aliphatic heterocycles. The summed E-state index contributed by atoms with van der Waals surface area (Å²) in [6.45, 7) is 5.83. The smallest absolute Gasteiger partial charge is 0.246 e. The van der Waals surface area contributed by atoms with E-state index in [1.54, 1.807) is 29.4 Å². The number of nitrogens with one attached hydrogen (secondary N) is 1. The molecule has 1 aliphatic rings. The number of piperazine rings is 1. The van der Waals surface area contributed by atoms with Crippen molar-refractivity contribution in [3.63, 3.8) is 0 Å². The van der Waals surface area contributed by atoms with Gasteiger partial charge in [0.15, 0.2) is 5.82 Å². The topological polar surface area (TPSA) is 107 Å². The Bertz CT molecular complexity index is 1470. The third-order valence-corrected chi connectivity index (χ3v) is 6.36. The lowest BCUT2D eigenvalue weighted by atomic mass is 10.0. The third-order valence-electron chi connectivity index (χ3n) is 6.36. The molecule has 1 fully saturated rings. The number of benzene rings is 2. The Balaban J connectivity index is 1.53. The van der Waals surface area contributed by atoms with Gasteiger partial charge in [0.25, 0.3) is 0 Å². The molecular formula is C27H25F2N7O2. The molecule has 4 aromatic rings. The van der Waals surface area contributed by atoms with Gasteiger partial charge in [-0.05, 0) is 30.3 Å². The van der Waals surface area contributed by atoms with Gasteiger partial charge >= 0.3 is 0 Å². The highest BCUT2D eigenvalue weighted by Gasteiger charge is 2.25. The first-order valence-corrected chi connectivity index (χ1v) is 12.1. The van der Waals surface area contributed by atoms with Crippen LogP contribution in [0.4, 0.5) is 20.5 Å². The van der Waals surface area contributed by atoms with E-state index in [4.69, 9.17) is 4.98 Å². The van der Waals surface area contributed by atoms with Crippen molar-refractivity contribution in [3.8, 4) is 16.9 Å². The number of carbonyl (C=O) groups is 1. The summed E-state index contributed by atoms with van der Waals surface area (Å²) in [7, 11) is 0. The monoisotopic (exact) mass is 517 g/mol. The van der Waals surface area contributed by atoms with Crippen molar-refractivity contribution in [2.24, 2.45) is 0 Å². The summed E-state index contributed by atoms with van der Waals surface area (Å²) >= 11 is 0. The molecule has 0 atom stereocenters. The van der Waals surface area contributed by atoms with Crippen LogP contribution in [0.3, 0.4) is 0 Å². The number of phenolic OH excluding ortho intramolecular Hbond substituents is 1.